The van der Waals surface area contributed by atoms with Crippen molar-refractivity contribution < 1.29 is 33.3 Å². The van der Waals surface area contributed by atoms with Crippen LogP contribution in [-0.4, -0.2) is 55.6 Å². The van der Waals surface area contributed by atoms with Crippen molar-refractivity contribution in [3.8, 4) is 0 Å². The molecule has 2 atom stereocenters. The maximum absolute atomic E-state index is 12.1. The van der Waals surface area contributed by atoms with Gasteiger partial charge >= 0.3 is 18.0 Å². The molecule has 0 radical (unpaired) electrons. The summed E-state index contributed by atoms with van der Waals surface area (Å²) in [6.07, 6.45) is -0.584. The SMILES string of the molecule is COC(=O)C[C@H](NC(=O)OC(C)(C)C)C(=O)OCCC1(C)CO1. The molecule has 1 N–H and O–H groups in total. The molecule has 0 aromatic rings. The lowest BCUT2D eigenvalue weighted by molar-refractivity contribution is -0.151. The van der Waals surface area contributed by atoms with Gasteiger partial charge in [-0.3, -0.25) is 4.79 Å². The molecule has 0 bridgehead atoms. The lowest BCUT2D eigenvalue weighted by Crippen LogP contribution is -2.45. The van der Waals surface area contributed by atoms with E-state index in [0.29, 0.717) is 13.0 Å². The van der Waals surface area contributed by atoms with Crippen LogP contribution in [0, 0.1) is 0 Å². The van der Waals surface area contributed by atoms with Crippen molar-refractivity contribution in [3.05, 3.63) is 0 Å². The van der Waals surface area contributed by atoms with Crippen molar-refractivity contribution in [1.82, 2.24) is 5.32 Å². The zero-order chi connectivity index (χ0) is 17.7. The number of carbonyl (C=O) groups is 3. The van der Waals surface area contributed by atoms with Gasteiger partial charge in [0.2, 0.25) is 0 Å². The molecule has 1 saturated heterocycles. The third kappa shape index (κ3) is 7.83. The molecule has 0 aromatic heterocycles. The Labute approximate surface area is 135 Å². The predicted molar refractivity (Wildman–Crippen MR) is 79.7 cm³/mol. The van der Waals surface area contributed by atoms with E-state index in [1.54, 1.807) is 20.8 Å². The van der Waals surface area contributed by atoms with Gasteiger partial charge in [0.25, 0.3) is 0 Å². The highest BCUT2D eigenvalue weighted by Gasteiger charge is 2.39. The number of ether oxygens (including phenoxy) is 4. The van der Waals surface area contributed by atoms with Gasteiger partial charge < -0.3 is 24.3 Å². The largest absolute Gasteiger partial charge is 0.469 e. The van der Waals surface area contributed by atoms with Gasteiger partial charge in [0.15, 0.2) is 0 Å². The van der Waals surface area contributed by atoms with Crippen molar-refractivity contribution >= 4 is 18.0 Å². The molecule has 132 valence electrons. The minimum Gasteiger partial charge on any atom is -0.469 e. The van der Waals surface area contributed by atoms with E-state index in [-0.39, 0.29) is 18.6 Å². The number of rotatable bonds is 7. The summed E-state index contributed by atoms with van der Waals surface area (Å²) in [6, 6.07) is -1.16. The number of nitrogens with one attached hydrogen (secondary N) is 1. The number of methoxy groups -OCH3 is 1. The molecule has 8 heteroatoms. The van der Waals surface area contributed by atoms with Gasteiger partial charge in [-0.15, -0.1) is 0 Å². The number of alkyl carbamates (subject to hydrolysis) is 1. The van der Waals surface area contributed by atoms with E-state index >= 15 is 0 Å². The average molecular weight is 331 g/mol. The highest BCUT2D eigenvalue weighted by Crippen LogP contribution is 2.29. The summed E-state index contributed by atoms with van der Waals surface area (Å²) in [5.74, 6) is -1.36. The first-order valence-corrected chi connectivity index (χ1v) is 7.41. The number of esters is 2. The summed E-state index contributed by atoms with van der Waals surface area (Å²) in [7, 11) is 1.20. The molecule has 1 fully saturated rings. The van der Waals surface area contributed by atoms with Crippen LogP contribution < -0.4 is 5.32 Å². The Kier molecular flexibility index (Phi) is 6.37. The number of hydrogen-bond donors (Lipinski definition) is 1. The van der Waals surface area contributed by atoms with Crippen LogP contribution in [0.5, 0.6) is 0 Å². The Balaban J connectivity index is 2.53. The van der Waals surface area contributed by atoms with Crippen molar-refractivity contribution in [1.29, 1.82) is 0 Å². The maximum Gasteiger partial charge on any atom is 0.408 e. The first-order valence-electron chi connectivity index (χ1n) is 7.41. The quantitative estimate of drug-likeness (QED) is 0.424. The Morgan fingerprint density at radius 3 is 2.39 bits per heavy atom. The summed E-state index contributed by atoms with van der Waals surface area (Å²) >= 11 is 0. The van der Waals surface area contributed by atoms with Crippen LogP contribution in [0.1, 0.15) is 40.5 Å². The van der Waals surface area contributed by atoms with Crippen LogP contribution in [0.4, 0.5) is 4.79 Å². The van der Waals surface area contributed by atoms with E-state index in [0.717, 1.165) is 0 Å². The molecule has 1 rings (SSSR count). The van der Waals surface area contributed by atoms with Gasteiger partial charge in [-0.05, 0) is 27.7 Å². The van der Waals surface area contributed by atoms with E-state index in [4.69, 9.17) is 14.2 Å². The van der Waals surface area contributed by atoms with Crippen LogP contribution in [0.15, 0.2) is 0 Å². The summed E-state index contributed by atoms with van der Waals surface area (Å²) in [6.45, 7) is 7.75. The first kappa shape index (κ1) is 19.2. The minimum absolute atomic E-state index is 0.142. The molecule has 1 amide bonds. The molecule has 8 nitrogen and oxygen atoms in total. The van der Waals surface area contributed by atoms with E-state index in [9.17, 15) is 14.4 Å². The second kappa shape index (κ2) is 7.63. The first-order chi connectivity index (χ1) is 10.5. The second-order valence-electron chi connectivity index (χ2n) is 6.64. The fraction of sp³-hybridized carbons (Fsp3) is 0.800. The Bertz CT molecular complexity index is 451. The van der Waals surface area contributed by atoms with Crippen LogP contribution in [0.3, 0.4) is 0 Å². The van der Waals surface area contributed by atoms with Gasteiger partial charge in [0.1, 0.15) is 11.6 Å². The van der Waals surface area contributed by atoms with E-state index in [1.807, 2.05) is 6.92 Å². The molecular weight excluding hydrogens is 306 g/mol. The summed E-state index contributed by atoms with van der Waals surface area (Å²) < 4.78 is 19.9. The fourth-order valence-corrected chi connectivity index (χ4v) is 1.63. The van der Waals surface area contributed by atoms with Crippen LogP contribution >= 0.6 is 0 Å². The Hall–Kier alpha value is -1.83. The highest BCUT2D eigenvalue weighted by molar-refractivity contribution is 5.86. The average Bonchev–Trinajstić information content (AvgIpc) is 3.13. The number of carbonyl (C=O) groups excluding carboxylic acids is 3. The van der Waals surface area contributed by atoms with E-state index in [1.165, 1.54) is 7.11 Å². The molecule has 0 aliphatic carbocycles. The van der Waals surface area contributed by atoms with Gasteiger partial charge in [0.05, 0.1) is 32.3 Å². The number of hydrogen-bond acceptors (Lipinski definition) is 7. The minimum atomic E-state index is -1.16. The smallest absolute Gasteiger partial charge is 0.408 e. The lowest BCUT2D eigenvalue weighted by atomic mass is 10.1. The number of epoxide rings is 1. The van der Waals surface area contributed by atoms with Gasteiger partial charge in [0, 0.05) is 6.42 Å². The molecule has 1 unspecified atom stereocenters. The molecule has 0 saturated carbocycles. The lowest BCUT2D eigenvalue weighted by Gasteiger charge is -2.22. The summed E-state index contributed by atoms with van der Waals surface area (Å²) in [5, 5.41) is 2.33. The standard InChI is InChI=1S/C15H25NO7/c1-14(2,3)23-13(19)16-10(8-11(17)20-5)12(18)21-7-6-15(4)9-22-15/h10H,6-9H2,1-5H3,(H,16,19)/t10-,15?/m0/s1. The molecule has 1 aliphatic rings. The van der Waals surface area contributed by atoms with Crippen LogP contribution in [0.2, 0.25) is 0 Å². The zero-order valence-electron chi connectivity index (χ0n) is 14.3. The third-order valence-corrected chi connectivity index (χ3v) is 3.09. The molecule has 0 aromatic carbocycles. The van der Waals surface area contributed by atoms with Crippen molar-refractivity contribution in [2.45, 2.75) is 57.8 Å². The summed E-state index contributed by atoms with van der Waals surface area (Å²) in [5.41, 5.74) is -0.960. The second-order valence-corrected chi connectivity index (χ2v) is 6.64. The molecule has 23 heavy (non-hydrogen) atoms. The van der Waals surface area contributed by atoms with Crippen molar-refractivity contribution in [2.75, 3.05) is 20.3 Å². The molecule has 1 aliphatic heterocycles. The Morgan fingerprint density at radius 1 is 1.30 bits per heavy atom. The maximum atomic E-state index is 12.1. The monoisotopic (exact) mass is 331 g/mol. The van der Waals surface area contributed by atoms with Crippen molar-refractivity contribution in [2.24, 2.45) is 0 Å². The van der Waals surface area contributed by atoms with Crippen molar-refractivity contribution in [3.63, 3.8) is 0 Å². The van der Waals surface area contributed by atoms with Gasteiger partial charge in [-0.2, -0.15) is 0 Å². The fourth-order valence-electron chi connectivity index (χ4n) is 1.63. The van der Waals surface area contributed by atoms with Crippen LogP contribution in [0.25, 0.3) is 0 Å². The molecule has 1 heterocycles. The zero-order valence-corrected chi connectivity index (χ0v) is 14.3. The highest BCUT2D eigenvalue weighted by atomic mass is 16.6. The van der Waals surface area contributed by atoms with Gasteiger partial charge in [-0.1, -0.05) is 0 Å². The van der Waals surface area contributed by atoms with E-state index in [2.05, 4.69) is 10.1 Å². The normalized spacial score (nSPS) is 21.1. The Morgan fingerprint density at radius 2 is 1.91 bits per heavy atom. The van der Waals surface area contributed by atoms with Crippen LogP contribution in [-0.2, 0) is 28.5 Å². The third-order valence-electron chi connectivity index (χ3n) is 3.09. The molecule has 0 spiro atoms. The van der Waals surface area contributed by atoms with E-state index < -0.39 is 29.7 Å². The van der Waals surface area contributed by atoms with Gasteiger partial charge in [-0.25, -0.2) is 9.59 Å². The topological polar surface area (TPSA) is 103 Å². The predicted octanol–water partition coefficient (Wildman–Crippen LogP) is 1.16. The number of amides is 1. The molecular formula is C15H25NO7. The summed E-state index contributed by atoms with van der Waals surface area (Å²) in [4.78, 5) is 35.2.